The zero-order chi connectivity index (χ0) is 15.0. The first-order chi connectivity index (χ1) is 9.54. The Morgan fingerprint density at radius 1 is 1.35 bits per heavy atom. The van der Waals surface area contributed by atoms with Gasteiger partial charge in [0.15, 0.2) is 0 Å². The maximum Gasteiger partial charge on any atom is 0.253 e. The maximum atomic E-state index is 12.2. The summed E-state index contributed by atoms with van der Waals surface area (Å²) in [6, 6.07) is 5.85. The SMILES string of the molecule is CCNc1ccc(C)cc1C(=O)NCCOCC(C)C. The molecule has 0 aromatic heterocycles. The van der Waals surface area contributed by atoms with Crippen LogP contribution in [0.4, 0.5) is 5.69 Å². The standard InChI is InChI=1S/C16H26N2O2/c1-5-17-15-7-6-13(4)10-14(15)16(19)18-8-9-20-11-12(2)3/h6-7,10,12,17H,5,8-9,11H2,1-4H3,(H,18,19). The van der Waals surface area contributed by atoms with Gasteiger partial charge < -0.3 is 15.4 Å². The quantitative estimate of drug-likeness (QED) is 0.719. The van der Waals surface area contributed by atoms with Gasteiger partial charge in [-0.15, -0.1) is 0 Å². The van der Waals surface area contributed by atoms with Crippen molar-refractivity contribution in [2.75, 3.05) is 31.6 Å². The predicted octanol–water partition coefficient (Wildman–Crippen LogP) is 2.83. The van der Waals surface area contributed by atoms with Crippen LogP contribution in [-0.4, -0.2) is 32.2 Å². The normalized spacial score (nSPS) is 10.7. The molecule has 4 nitrogen and oxygen atoms in total. The smallest absolute Gasteiger partial charge is 0.253 e. The molecule has 4 heteroatoms. The fraction of sp³-hybridized carbons (Fsp3) is 0.562. The molecule has 0 atom stereocenters. The Hall–Kier alpha value is -1.55. The highest BCUT2D eigenvalue weighted by Crippen LogP contribution is 2.17. The summed E-state index contributed by atoms with van der Waals surface area (Å²) in [5, 5.41) is 6.10. The van der Waals surface area contributed by atoms with Gasteiger partial charge in [-0.2, -0.15) is 0 Å². The second-order valence-corrected chi connectivity index (χ2v) is 5.30. The minimum absolute atomic E-state index is 0.0576. The molecule has 112 valence electrons. The molecule has 0 radical (unpaired) electrons. The molecule has 0 aliphatic heterocycles. The van der Waals surface area contributed by atoms with E-state index in [0.29, 0.717) is 24.6 Å². The average Bonchev–Trinajstić information content (AvgIpc) is 2.40. The van der Waals surface area contributed by atoms with Crippen molar-refractivity contribution in [3.8, 4) is 0 Å². The van der Waals surface area contributed by atoms with Gasteiger partial charge in [0.05, 0.1) is 12.2 Å². The second-order valence-electron chi connectivity index (χ2n) is 5.30. The maximum absolute atomic E-state index is 12.2. The fourth-order valence-electron chi connectivity index (χ4n) is 1.84. The molecule has 0 spiro atoms. The highest BCUT2D eigenvalue weighted by atomic mass is 16.5. The van der Waals surface area contributed by atoms with Crippen LogP contribution in [0.1, 0.15) is 36.7 Å². The first-order valence-electron chi connectivity index (χ1n) is 7.25. The Morgan fingerprint density at radius 2 is 2.10 bits per heavy atom. The Kier molecular flexibility index (Phi) is 7.09. The monoisotopic (exact) mass is 278 g/mol. The summed E-state index contributed by atoms with van der Waals surface area (Å²) < 4.78 is 5.45. The lowest BCUT2D eigenvalue weighted by molar-refractivity contribution is 0.0887. The molecule has 0 saturated carbocycles. The van der Waals surface area contributed by atoms with E-state index in [-0.39, 0.29) is 5.91 Å². The summed E-state index contributed by atoms with van der Waals surface area (Å²) in [4.78, 5) is 12.2. The number of amides is 1. The van der Waals surface area contributed by atoms with Gasteiger partial charge in [0.25, 0.3) is 5.91 Å². The third-order valence-corrected chi connectivity index (χ3v) is 2.77. The highest BCUT2D eigenvalue weighted by molar-refractivity contribution is 5.99. The van der Waals surface area contributed by atoms with Crippen LogP contribution in [0.5, 0.6) is 0 Å². The molecule has 20 heavy (non-hydrogen) atoms. The average molecular weight is 278 g/mol. The number of aryl methyl sites for hydroxylation is 1. The van der Waals surface area contributed by atoms with Crippen molar-refractivity contribution in [2.24, 2.45) is 5.92 Å². The van der Waals surface area contributed by atoms with Crippen molar-refractivity contribution in [3.05, 3.63) is 29.3 Å². The van der Waals surface area contributed by atoms with Crippen LogP contribution in [0.15, 0.2) is 18.2 Å². The molecule has 0 heterocycles. The van der Waals surface area contributed by atoms with E-state index in [2.05, 4.69) is 24.5 Å². The number of carbonyl (C=O) groups excluding carboxylic acids is 1. The third kappa shape index (κ3) is 5.61. The van der Waals surface area contributed by atoms with Crippen LogP contribution in [0.3, 0.4) is 0 Å². The van der Waals surface area contributed by atoms with E-state index in [1.54, 1.807) is 0 Å². The van der Waals surface area contributed by atoms with E-state index in [1.165, 1.54) is 0 Å². The summed E-state index contributed by atoms with van der Waals surface area (Å²) in [7, 11) is 0. The third-order valence-electron chi connectivity index (χ3n) is 2.77. The molecule has 0 fully saturated rings. The predicted molar refractivity (Wildman–Crippen MR) is 83.3 cm³/mol. The number of hydrogen-bond acceptors (Lipinski definition) is 3. The number of ether oxygens (including phenoxy) is 1. The molecule has 1 amide bonds. The summed E-state index contributed by atoms with van der Waals surface area (Å²) in [6.07, 6.45) is 0. The van der Waals surface area contributed by atoms with E-state index in [9.17, 15) is 4.79 Å². The van der Waals surface area contributed by atoms with E-state index < -0.39 is 0 Å². The van der Waals surface area contributed by atoms with Crippen molar-refractivity contribution < 1.29 is 9.53 Å². The lowest BCUT2D eigenvalue weighted by atomic mass is 10.1. The van der Waals surface area contributed by atoms with Crippen LogP contribution in [0.25, 0.3) is 0 Å². The Balaban J connectivity index is 2.52. The summed E-state index contributed by atoms with van der Waals surface area (Å²) in [6.45, 7) is 10.8. The number of anilines is 1. The number of rotatable bonds is 8. The molecule has 1 aromatic rings. The van der Waals surface area contributed by atoms with Gasteiger partial charge in [-0.25, -0.2) is 0 Å². The van der Waals surface area contributed by atoms with Gasteiger partial charge in [0, 0.05) is 25.4 Å². The fourth-order valence-corrected chi connectivity index (χ4v) is 1.84. The van der Waals surface area contributed by atoms with E-state index >= 15 is 0 Å². The van der Waals surface area contributed by atoms with E-state index in [1.807, 2.05) is 32.0 Å². The zero-order valence-electron chi connectivity index (χ0n) is 13.0. The highest BCUT2D eigenvalue weighted by Gasteiger charge is 2.10. The van der Waals surface area contributed by atoms with Crippen LogP contribution in [-0.2, 0) is 4.74 Å². The first kappa shape index (κ1) is 16.5. The van der Waals surface area contributed by atoms with Crippen LogP contribution < -0.4 is 10.6 Å². The van der Waals surface area contributed by atoms with Crippen molar-refractivity contribution in [3.63, 3.8) is 0 Å². The van der Waals surface area contributed by atoms with Crippen LogP contribution >= 0.6 is 0 Å². The Morgan fingerprint density at radius 3 is 2.75 bits per heavy atom. The Labute approximate surface area is 121 Å². The summed E-state index contributed by atoms with van der Waals surface area (Å²) >= 11 is 0. The first-order valence-corrected chi connectivity index (χ1v) is 7.25. The zero-order valence-corrected chi connectivity index (χ0v) is 13.0. The molecule has 1 rings (SSSR count). The lowest BCUT2D eigenvalue weighted by Crippen LogP contribution is -2.28. The van der Waals surface area contributed by atoms with Crippen molar-refractivity contribution >= 4 is 11.6 Å². The van der Waals surface area contributed by atoms with Crippen molar-refractivity contribution in [2.45, 2.75) is 27.7 Å². The minimum Gasteiger partial charge on any atom is -0.385 e. The van der Waals surface area contributed by atoms with Crippen molar-refractivity contribution in [1.29, 1.82) is 0 Å². The molecule has 2 N–H and O–H groups in total. The molecule has 0 saturated heterocycles. The molecule has 1 aromatic carbocycles. The minimum atomic E-state index is -0.0576. The Bertz CT molecular complexity index is 430. The molecule has 0 bridgehead atoms. The van der Waals surface area contributed by atoms with Crippen LogP contribution in [0, 0.1) is 12.8 Å². The van der Waals surface area contributed by atoms with Gasteiger partial charge >= 0.3 is 0 Å². The summed E-state index contributed by atoms with van der Waals surface area (Å²) in [5.41, 5.74) is 2.64. The van der Waals surface area contributed by atoms with Gasteiger partial charge in [-0.1, -0.05) is 25.5 Å². The molecular formula is C16H26N2O2. The molecule has 0 aliphatic rings. The lowest BCUT2D eigenvalue weighted by Gasteiger charge is -2.12. The largest absolute Gasteiger partial charge is 0.385 e. The molecule has 0 unspecified atom stereocenters. The molecule has 0 aliphatic carbocycles. The van der Waals surface area contributed by atoms with Gasteiger partial charge in [-0.05, 0) is 31.9 Å². The van der Waals surface area contributed by atoms with E-state index in [0.717, 1.165) is 24.4 Å². The number of nitrogens with one attached hydrogen (secondary N) is 2. The summed E-state index contributed by atoms with van der Waals surface area (Å²) in [5.74, 6) is 0.459. The molecular weight excluding hydrogens is 252 g/mol. The van der Waals surface area contributed by atoms with Crippen LogP contribution in [0.2, 0.25) is 0 Å². The van der Waals surface area contributed by atoms with Gasteiger partial charge in [0.2, 0.25) is 0 Å². The van der Waals surface area contributed by atoms with Crippen molar-refractivity contribution in [1.82, 2.24) is 5.32 Å². The van der Waals surface area contributed by atoms with Gasteiger partial charge in [-0.3, -0.25) is 4.79 Å². The number of hydrogen-bond donors (Lipinski definition) is 2. The van der Waals surface area contributed by atoms with E-state index in [4.69, 9.17) is 4.74 Å². The second kappa shape index (κ2) is 8.59. The topological polar surface area (TPSA) is 50.4 Å². The van der Waals surface area contributed by atoms with Gasteiger partial charge in [0.1, 0.15) is 0 Å². The number of carbonyl (C=O) groups is 1. The number of benzene rings is 1.